The summed E-state index contributed by atoms with van der Waals surface area (Å²) in [5.41, 5.74) is 0.994. The Bertz CT molecular complexity index is 569. The summed E-state index contributed by atoms with van der Waals surface area (Å²) < 4.78 is 5.57. The van der Waals surface area contributed by atoms with Gasteiger partial charge in [-0.2, -0.15) is 0 Å². The zero-order chi connectivity index (χ0) is 13.7. The second-order valence-electron chi connectivity index (χ2n) is 3.80. The summed E-state index contributed by atoms with van der Waals surface area (Å²) in [6.07, 6.45) is 1.34. The molecule has 6 nitrogen and oxygen atoms in total. The average molecular weight is 258 g/mol. The summed E-state index contributed by atoms with van der Waals surface area (Å²) in [4.78, 5) is 18.8. The summed E-state index contributed by atoms with van der Waals surface area (Å²) in [7, 11) is 1.85. The molecule has 0 atom stereocenters. The molecule has 0 aliphatic rings. The first-order chi connectivity index (χ1) is 9.17. The van der Waals surface area contributed by atoms with Crippen molar-refractivity contribution >= 4 is 17.4 Å². The smallest absolute Gasteiger partial charge is 0.224 e. The number of anilines is 2. The monoisotopic (exact) mass is 258 g/mol. The van der Waals surface area contributed by atoms with E-state index in [4.69, 9.17) is 4.74 Å². The number of carbonyl (C=O) groups excluding carboxylic acids is 1. The van der Waals surface area contributed by atoms with Crippen molar-refractivity contribution in [3.05, 3.63) is 36.7 Å². The number of benzene rings is 1. The number of nitrogens with one attached hydrogen (secondary N) is 2. The van der Waals surface area contributed by atoms with Crippen LogP contribution >= 0.6 is 0 Å². The number of aromatic nitrogens is 2. The van der Waals surface area contributed by atoms with E-state index in [2.05, 4.69) is 20.6 Å². The minimum atomic E-state index is -0.192. The molecule has 2 N–H and O–H groups in total. The van der Waals surface area contributed by atoms with Gasteiger partial charge in [-0.05, 0) is 24.3 Å². The van der Waals surface area contributed by atoms with Gasteiger partial charge in [0.25, 0.3) is 0 Å². The Balaban J connectivity index is 2.11. The Morgan fingerprint density at radius 3 is 2.58 bits per heavy atom. The van der Waals surface area contributed by atoms with Gasteiger partial charge < -0.3 is 15.4 Å². The third-order valence-corrected chi connectivity index (χ3v) is 2.31. The third kappa shape index (κ3) is 3.67. The molecule has 0 unspecified atom stereocenters. The molecule has 0 aliphatic heterocycles. The first-order valence-corrected chi connectivity index (χ1v) is 5.72. The van der Waals surface area contributed by atoms with Crippen molar-refractivity contribution in [2.45, 2.75) is 6.92 Å². The predicted molar refractivity (Wildman–Crippen MR) is 72.4 cm³/mol. The molecule has 0 spiro atoms. The Kier molecular flexibility index (Phi) is 3.92. The van der Waals surface area contributed by atoms with Gasteiger partial charge in [0.15, 0.2) is 0 Å². The maximum atomic E-state index is 10.9. The highest BCUT2D eigenvalue weighted by Crippen LogP contribution is 2.22. The Morgan fingerprint density at radius 2 is 1.95 bits per heavy atom. The molecule has 0 fully saturated rings. The minimum Gasteiger partial charge on any atom is -0.439 e. The van der Waals surface area contributed by atoms with Crippen molar-refractivity contribution in [3.63, 3.8) is 0 Å². The van der Waals surface area contributed by atoms with Crippen LogP contribution < -0.4 is 15.4 Å². The number of carbonyl (C=O) groups is 1. The number of amides is 1. The normalized spacial score (nSPS) is 9.79. The fraction of sp³-hybridized carbons (Fsp3) is 0.154. The molecular weight excluding hydrogens is 244 g/mol. The molecule has 1 amide bonds. The van der Waals surface area contributed by atoms with E-state index >= 15 is 0 Å². The van der Waals surface area contributed by atoms with Crippen LogP contribution in [0, 0.1) is 0 Å². The van der Waals surface area contributed by atoms with E-state index in [1.807, 2.05) is 31.3 Å². The topological polar surface area (TPSA) is 76.1 Å². The minimum absolute atomic E-state index is 0.192. The molecule has 98 valence electrons. The molecule has 0 aliphatic carbocycles. The van der Waals surface area contributed by atoms with E-state index < -0.39 is 0 Å². The van der Waals surface area contributed by atoms with Gasteiger partial charge in [-0.15, -0.1) is 0 Å². The summed E-state index contributed by atoms with van der Waals surface area (Å²) in [5.74, 6) is 1.25. The van der Waals surface area contributed by atoms with Gasteiger partial charge in [0.2, 0.25) is 11.8 Å². The van der Waals surface area contributed by atoms with Crippen LogP contribution in [0.25, 0.3) is 0 Å². The zero-order valence-electron chi connectivity index (χ0n) is 10.7. The van der Waals surface area contributed by atoms with Crippen molar-refractivity contribution in [2.75, 3.05) is 17.7 Å². The molecule has 0 bridgehead atoms. The lowest BCUT2D eigenvalue weighted by atomic mass is 10.3. The summed E-state index contributed by atoms with van der Waals surface area (Å²) >= 11 is 0. The van der Waals surface area contributed by atoms with Gasteiger partial charge >= 0.3 is 0 Å². The number of hydrogen-bond donors (Lipinski definition) is 2. The number of rotatable bonds is 4. The Labute approximate surface area is 110 Å². The molecule has 0 radical (unpaired) electrons. The molecule has 0 saturated heterocycles. The van der Waals surface area contributed by atoms with Gasteiger partial charge in [0.05, 0.1) is 0 Å². The molecule has 6 heteroatoms. The van der Waals surface area contributed by atoms with Crippen LogP contribution in [0.2, 0.25) is 0 Å². The molecule has 0 saturated carbocycles. The SMILES string of the molecule is CNc1ccc(Oc2cc(NC(C)=O)ncn2)cc1. The maximum absolute atomic E-state index is 10.9. The van der Waals surface area contributed by atoms with E-state index in [9.17, 15) is 4.79 Å². The zero-order valence-corrected chi connectivity index (χ0v) is 10.7. The van der Waals surface area contributed by atoms with Crippen LogP contribution in [-0.2, 0) is 4.79 Å². The fourth-order valence-electron chi connectivity index (χ4n) is 1.45. The van der Waals surface area contributed by atoms with Crippen LogP contribution in [-0.4, -0.2) is 22.9 Å². The number of nitrogens with zero attached hydrogens (tertiary/aromatic N) is 2. The standard InChI is InChI=1S/C13H14N4O2/c1-9(18)17-12-7-13(16-8-15-12)19-11-5-3-10(14-2)4-6-11/h3-8,14H,1-2H3,(H,15,16,17,18). The van der Waals surface area contributed by atoms with Crippen LogP contribution in [0.5, 0.6) is 11.6 Å². The lowest BCUT2D eigenvalue weighted by Crippen LogP contribution is -2.07. The third-order valence-electron chi connectivity index (χ3n) is 2.31. The Hall–Kier alpha value is -2.63. The van der Waals surface area contributed by atoms with Gasteiger partial charge in [-0.3, -0.25) is 4.79 Å². The molecule has 19 heavy (non-hydrogen) atoms. The molecule has 1 heterocycles. The quantitative estimate of drug-likeness (QED) is 0.879. The molecule has 2 rings (SSSR count). The van der Waals surface area contributed by atoms with Crippen molar-refractivity contribution in [1.29, 1.82) is 0 Å². The van der Waals surface area contributed by atoms with Crippen molar-refractivity contribution in [3.8, 4) is 11.6 Å². The van der Waals surface area contributed by atoms with E-state index in [0.29, 0.717) is 17.4 Å². The first kappa shape index (κ1) is 12.8. The highest BCUT2D eigenvalue weighted by Gasteiger charge is 2.03. The highest BCUT2D eigenvalue weighted by molar-refractivity contribution is 5.87. The second-order valence-corrected chi connectivity index (χ2v) is 3.80. The molecule has 1 aromatic carbocycles. The van der Waals surface area contributed by atoms with Gasteiger partial charge in [0.1, 0.15) is 17.9 Å². The van der Waals surface area contributed by atoms with E-state index in [1.54, 1.807) is 6.07 Å². The number of hydrogen-bond acceptors (Lipinski definition) is 5. The van der Waals surface area contributed by atoms with Crippen molar-refractivity contribution < 1.29 is 9.53 Å². The first-order valence-electron chi connectivity index (χ1n) is 5.72. The van der Waals surface area contributed by atoms with Gasteiger partial charge in [-0.1, -0.05) is 0 Å². The van der Waals surface area contributed by atoms with E-state index in [-0.39, 0.29) is 5.91 Å². The fourth-order valence-corrected chi connectivity index (χ4v) is 1.45. The van der Waals surface area contributed by atoms with Gasteiger partial charge in [0, 0.05) is 25.7 Å². The molecular formula is C13H14N4O2. The summed E-state index contributed by atoms with van der Waals surface area (Å²) in [6, 6.07) is 9.00. The largest absolute Gasteiger partial charge is 0.439 e. The predicted octanol–water partition coefficient (Wildman–Crippen LogP) is 2.27. The van der Waals surface area contributed by atoms with Crippen LogP contribution in [0.4, 0.5) is 11.5 Å². The molecule has 2 aromatic rings. The maximum Gasteiger partial charge on any atom is 0.224 e. The van der Waals surface area contributed by atoms with E-state index in [1.165, 1.54) is 13.3 Å². The van der Waals surface area contributed by atoms with Crippen LogP contribution in [0.15, 0.2) is 36.7 Å². The van der Waals surface area contributed by atoms with Gasteiger partial charge in [-0.25, -0.2) is 9.97 Å². The van der Waals surface area contributed by atoms with E-state index in [0.717, 1.165) is 5.69 Å². The summed E-state index contributed by atoms with van der Waals surface area (Å²) in [6.45, 7) is 1.42. The molecule has 1 aromatic heterocycles. The van der Waals surface area contributed by atoms with Crippen molar-refractivity contribution in [2.24, 2.45) is 0 Å². The van der Waals surface area contributed by atoms with Crippen molar-refractivity contribution in [1.82, 2.24) is 9.97 Å². The highest BCUT2D eigenvalue weighted by atomic mass is 16.5. The van der Waals surface area contributed by atoms with Crippen LogP contribution in [0.3, 0.4) is 0 Å². The van der Waals surface area contributed by atoms with Crippen LogP contribution in [0.1, 0.15) is 6.92 Å². The average Bonchev–Trinajstić information content (AvgIpc) is 2.39. The number of ether oxygens (including phenoxy) is 1. The lowest BCUT2D eigenvalue weighted by molar-refractivity contribution is -0.114. The summed E-state index contributed by atoms with van der Waals surface area (Å²) in [5, 5.41) is 5.59. The second kappa shape index (κ2) is 5.81. The Morgan fingerprint density at radius 1 is 1.21 bits per heavy atom. The lowest BCUT2D eigenvalue weighted by Gasteiger charge is -2.07.